The summed E-state index contributed by atoms with van der Waals surface area (Å²) < 4.78 is 2.03. The molecule has 0 bridgehead atoms. The number of thiazole rings is 1. The average Bonchev–Trinajstić information content (AvgIpc) is 2.99. The van der Waals surface area contributed by atoms with Crippen molar-refractivity contribution < 1.29 is 0 Å². The Morgan fingerprint density at radius 1 is 1.47 bits per heavy atom. The van der Waals surface area contributed by atoms with Crippen molar-refractivity contribution in [3.8, 4) is 0 Å². The van der Waals surface area contributed by atoms with Gasteiger partial charge in [0.1, 0.15) is 5.82 Å². The highest BCUT2D eigenvalue weighted by atomic mass is 32.1. The first-order chi connectivity index (χ1) is 9.11. The molecule has 0 fully saturated rings. The molecule has 19 heavy (non-hydrogen) atoms. The predicted molar refractivity (Wildman–Crippen MR) is 79.5 cm³/mol. The summed E-state index contributed by atoms with van der Waals surface area (Å²) in [5.41, 5.74) is 0. The van der Waals surface area contributed by atoms with Gasteiger partial charge in [-0.15, -0.1) is 11.3 Å². The Balaban J connectivity index is 2.04. The number of rotatable bonds is 6. The molecule has 1 atom stereocenters. The highest BCUT2D eigenvalue weighted by Crippen LogP contribution is 2.27. The van der Waals surface area contributed by atoms with E-state index in [-0.39, 0.29) is 0 Å². The summed E-state index contributed by atoms with van der Waals surface area (Å²) in [7, 11) is 4.06. The van der Waals surface area contributed by atoms with Gasteiger partial charge < -0.3 is 14.8 Å². The zero-order valence-electron chi connectivity index (χ0n) is 11.9. The molecule has 2 aromatic rings. The fourth-order valence-corrected chi connectivity index (χ4v) is 2.79. The van der Waals surface area contributed by atoms with E-state index in [1.807, 2.05) is 30.2 Å². The van der Waals surface area contributed by atoms with Gasteiger partial charge in [-0.05, 0) is 13.5 Å². The van der Waals surface area contributed by atoms with E-state index in [1.165, 1.54) is 4.88 Å². The van der Waals surface area contributed by atoms with E-state index in [2.05, 4.69) is 41.1 Å². The van der Waals surface area contributed by atoms with Crippen molar-refractivity contribution in [2.24, 2.45) is 7.05 Å². The number of hydrogen-bond acceptors (Lipinski definition) is 5. The molecule has 2 aromatic heterocycles. The molecule has 0 spiro atoms. The number of aromatic nitrogens is 3. The number of nitrogens with zero attached hydrogens (tertiary/aromatic N) is 4. The molecular weight excluding hydrogens is 258 g/mol. The maximum Gasteiger partial charge on any atom is 0.185 e. The molecule has 0 radical (unpaired) electrons. The quantitative estimate of drug-likeness (QED) is 0.880. The average molecular weight is 279 g/mol. The first-order valence-corrected chi connectivity index (χ1v) is 7.30. The minimum absolute atomic E-state index is 0.359. The smallest absolute Gasteiger partial charge is 0.185 e. The molecule has 6 heteroatoms. The third-order valence-electron chi connectivity index (χ3n) is 3.07. The van der Waals surface area contributed by atoms with E-state index in [9.17, 15) is 0 Å². The van der Waals surface area contributed by atoms with Crippen molar-refractivity contribution in [3.05, 3.63) is 29.3 Å². The minimum atomic E-state index is 0.359. The van der Waals surface area contributed by atoms with Crippen LogP contribution in [0.1, 0.15) is 30.6 Å². The Morgan fingerprint density at radius 3 is 2.89 bits per heavy atom. The van der Waals surface area contributed by atoms with Crippen molar-refractivity contribution in [1.29, 1.82) is 0 Å². The molecule has 0 saturated carbocycles. The normalized spacial score (nSPS) is 12.6. The van der Waals surface area contributed by atoms with E-state index in [0.29, 0.717) is 6.04 Å². The van der Waals surface area contributed by atoms with E-state index >= 15 is 0 Å². The molecule has 2 heterocycles. The fourth-order valence-electron chi connectivity index (χ4n) is 1.89. The predicted octanol–water partition coefficient (Wildman–Crippen LogP) is 2.18. The Hall–Kier alpha value is -1.40. The Labute approximate surface area is 118 Å². The highest BCUT2D eigenvalue weighted by molar-refractivity contribution is 7.15. The fraction of sp³-hybridized carbons (Fsp3) is 0.538. The molecule has 0 amide bonds. The monoisotopic (exact) mass is 279 g/mol. The topological polar surface area (TPSA) is 46.0 Å². The minimum Gasteiger partial charge on any atom is -0.344 e. The summed E-state index contributed by atoms with van der Waals surface area (Å²) in [4.78, 5) is 12.2. The lowest BCUT2D eigenvalue weighted by Crippen LogP contribution is -2.18. The van der Waals surface area contributed by atoms with Crippen LogP contribution in [0, 0.1) is 0 Å². The van der Waals surface area contributed by atoms with Crippen LogP contribution in [0.5, 0.6) is 0 Å². The Morgan fingerprint density at radius 2 is 2.26 bits per heavy atom. The van der Waals surface area contributed by atoms with Gasteiger partial charge in [0, 0.05) is 43.6 Å². The Kier molecular flexibility index (Phi) is 4.55. The van der Waals surface area contributed by atoms with Gasteiger partial charge in [-0.3, -0.25) is 0 Å². The standard InChI is InChI=1S/C13H21N5S/c1-5-14-10(2)11-8-16-13(19-11)18(4)9-12-15-6-7-17(12)3/h6-8,10,14H,5,9H2,1-4H3. The maximum absolute atomic E-state index is 4.50. The number of imidazole rings is 1. The lowest BCUT2D eigenvalue weighted by Gasteiger charge is -2.15. The van der Waals surface area contributed by atoms with Crippen LogP contribution < -0.4 is 10.2 Å². The number of nitrogens with one attached hydrogen (secondary N) is 1. The van der Waals surface area contributed by atoms with Gasteiger partial charge in [0.25, 0.3) is 0 Å². The number of anilines is 1. The number of hydrogen-bond donors (Lipinski definition) is 1. The second kappa shape index (κ2) is 6.16. The summed E-state index contributed by atoms with van der Waals surface area (Å²) in [5, 5.41) is 4.43. The van der Waals surface area contributed by atoms with E-state index < -0.39 is 0 Å². The van der Waals surface area contributed by atoms with Gasteiger partial charge in [-0.1, -0.05) is 6.92 Å². The van der Waals surface area contributed by atoms with Crippen LogP contribution in [-0.2, 0) is 13.6 Å². The van der Waals surface area contributed by atoms with Gasteiger partial charge in [0.2, 0.25) is 0 Å². The lowest BCUT2D eigenvalue weighted by molar-refractivity contribution is 0.606. The second-order valence-electron chi connectivity index (χ2n) is 4.64. The van der Waals surface area contributed by atoms with Crippen LogP contribution in [0.3, 0.4) is 0 Å². The van der Waals surface area contributed by atoms with Gasteiger partial charge in [0.05, 0.1) is 6.54 Å². The Bertz CT molecular complexity index is 519. The maximum atomic E-state index is 4.50. The van der Waals surface area contributed by atoms with Gasteiger partial charge in [-0.2, -0.15) is 0 Å². The third-order valence-corrected chi connectivity index (χ3v) is 4.37. The molecule has 1 N–H and O–H groups in total. The van der Waals surface area contributed by atoms with Gasteiger partial charge >= 0.3 is 0 Å². The molecule has 0 aliphatic heterocycles. The van der Waals surface area contributed by atoms with E-state index in [1.54, 1.807) is 11.3 Å². The van der Waals surface area contributed by atoms with Crippen LogP contribution >= 0.6 is 11.3 Å². The first-order valence-electron chi connectivity index (χ1n) is 6.48. The molecule has 0 aromatic carbocycles. The first kappa shape index (κ1) is 14.0. The largest absolute Gasteiger partial charge is 0.344 e. The molecule has 1 unspecified atom stereocenters. The van der Waals surface area contributed by atoms with Crippen LogP contribution in [0.15, 0.2) is 18.6 Å². The van der Waals surface area contributed by atoms with Crippen molar-refractivity contribution in [3.63, 3.8) is 0 Å². The van der Waals surface area contributed by atoms with E-state index in [0.717, 1.165) is 24.0 Å². The molecule has 0 aliphatic carbocycles. The summed E-state index contributed by atoms with van der Waals surface area (Å²) >= 11 is 1.73. The lowest BCUT2D eigenvalue weighted by atomic mass is 10.3. The molecule has 2 rings (SSSR count). The van der Waals surface area contributed by atoms with Gasteiger partial charge in [-0.25, -0.2) is 9.97 Å². The SMILES string of the molecule is CCNC(C)c1cnc(N(C)Cc2nccn2C)s1. The van der Waals surface area contributed by atoms with Crippen molar-refractivity contribution in [2.45, 2.75) is 26.4 Å². The van der Waals surface area contributed by atoms with Crippen LogP contribution in [0.25, 0.3) is 0 Å². The molecule has 5 nitrogen and oxygen atoms in total. The molecule has 0 saturated heterocycles. The van der Waals surface area contributed by atoms with Crippen LogP contribution in [0.2, 0.25) is 0 Å². The van der Waals surface area contributed by atoms with Crippen LogP contribution in [-0.4, -0.2) is 28.1 Å². The summed E-state index contributed by atoms with van der Waals surface area (Å²) in [5.74, 6) is 1.04. The molecular formula is C13H21N5S. The second-order valence-corrected chi connectivity index (χ2v) is 5.68. The highest BCUT2D eigenvalue weighted by Gasteiger charge is 2.13. The summed E-state index contributed by atoms with van der Waals surface area (Å²) in [6.07, 6.45) is 5.75. The number of aryl methyl sites for hydroxylation is 1. The molecule has 104 valence electrons. The summed E-state index contributed by atoms with van der Waals surface area (Å²) in [6.45, 7) is 6.02. The van der Waals surface area contributed by atoms with Crippen LogP contribution in [0.4, 0.5) is 5.13 Å². The van der Waals surface area contributed by atoms with Gasteiger partial charge in [0.15, 0.2) is 5.13 Å². The zero-order chi connectivity index (χ0) is 13.8. The van der Waals surface area contributed by atoms with Crippen molar-refractivity contribution in [1.82, 2.24) is 19.9 Å². The van der Waals surface area contributed by atoms with E-state index in [4.69, 9.17) is 0 Å². The van der Waals surface area contributed by atoms with Crippen molar-refractivity contribution >= 4 is 16.5 Å². The summed E-state index contributed by atoms with van der Waals surface area (Å²) in [6, 6.07) is 0.359. The van der Waals surface area contributed by atoms with Crippen molar-refractivity contribution in [2.75, 3.05) is 18.5 Å². The molecule has 0 aliphatic rings. The third kappa shape index (κ3) is 3.33. The zero-order valence-corrected chi connectivity index (χ0v) is 12.7.